The van der Waals surface area contributed by atoms with Crippen LogP contribution >= 0.6 is 0 Å². The van der Waals surface area contributed by atoms with Crippen LogP contribution < -0.4 is 15.4 Å². The molecule has 0 fully saturated rings. The average molecular weight is 392 g/mol. The second-order valence-corrected chi connectivity index (χ2v) is 7.03. The van der Waals surface area contributed by atoms with Crippen LogP contribution in [0, 0.1) is 5.92 Å². The maximum Gasteiger partial charge on any atom is 0.255 e. The highest BCUT2D eigenvalue weighted by Crippen LogP contribution is 2.17. The first-order chi connectivity index (χ1) is 14.0. The summed E-state index contributed by atoms with van der Waals surface area (Å²) in [5.74, 6) is 1.20. The molecule has 3 rings (SSSR count). The van der Waals surface area contributed by atoms with E-state index in [9.17, 15) is 9.59 Å². The number of benzene rings is 2. The minimum absolute atomic E-state index is 0.249. The van der Waals surface area contributed by atoms with E-state index in [0.717, 1.165) is 0 Å². The van der Waals surface area contributed by atoms with Crippen LogP contribution in [0.25, 0.3) is 0 Å². The van der Waals surface area contributed by atoms with Gasteiger partial charge in [-0.05, 0) is 54.4 Å². The Labute approximate surface area is 169 Å². The number of hydrogen-bond donors (Lipinski definition) is 2. The molecule has 3 aromatic rings. The molecule has 1 aromatic heterocycles. The molecule has 1 heterocycles. The summed E-state index contributed by atoms with van der Waals surface area (Å²) >= 11 is 0. The third-order valence-electron chi connectivity index (χ3n) is 4.07. The van der Waals surface area contributed by atoms with Gasteiger partial charge in [0.1, 0.15) is 11.5 Å². The highest BCUT2D eigenvalue weighted by molar-refractivity contribution is 6.05. The Bertz CT molecular complexity index is 965. The van der Waals surface area contributed by atoms with Crippen LogP contribution in [-0.4, -0.2) is 18.4 Å². The van der Waals surface area contributed by atoms with Crippen molar-refractivity contribution in [3.63, 3.8) is 0 Å². The first-order valence-electron chi connectivity index (χ1n) is 9.46. The lowest BCUT2D eigenvalue weighted by molar-refractivity contribution is 0.0946. The van der Waals surface area contributed by atoms with Gasteiger partial charge in [0.2, 0.25) is 0 Å². The molecule has 0 radical (unpaired) electrons. The van der Waals surface area contributed by atoms with Crippen molar-refractivity contribution in [3.8, 4) is 5.75 Å². The van der Waals surface area contributed by atoms with Gasteiger partial charge in [-0.1, -0.05) is 26.0 Å². The maximum atomic E-state index is 12.6. The van der Waals surface area contributed by atoms with E-state index in [-0.39, 0.29) is 11.8 Å². The van der Waals surface area contributed by atoms with E-state index >= 15 is 0 Å². The molecule has 150 valence electrons. The smallest absolute Gasteiger partial charge is 0.255 e. The van der Waals surface area contributed by atoms with Crippen LogP contribution in [0.5, 0.6) is 5.75 Å². The van der Waals surface area contributed by atoms with Crippen LogP contribution in [0.2, 0.25) is 0 Å². The van der Waals surface area contributed by atoms with E-state index in [1.165, 1.54) is 0 Å². The van der Waals surface area contributed by atoms with Crippen molar-refractivity contribution in [2.24, 2.45) is 5.92 Å². The van der Waals surface area contributed by atoms with Crippen LogP contribution in [0.4, 0.5) is 5.69 Å². The molecule has 0 aliphatic rings. The molecule has 6 nitrogen and oxygen atoms in total. The summed E-state index contributed by atoms with van der Waals surface area (Å²) in [7, 11) is 0. The van der Waals surface area contributed by atoms with Crippen molar-refractivity contribution in [2.75, 3.05) is 11.9 Å². The number of rotatable bonds is 8. The lowest BCUT2D eigenvalue weighted by atomic mass is 10.1. The summed E-state index contributed by atoms with van der Waals surface area (Å²) < 4.78 is 10.9. The van der Waals surface area contributed by atoms with Gasteiger partial charge in [-0.25, -0.2) is 0 Å². The minimum atomic E-state index is -0.270. The molecule has 0 spiro atoms. The second-order valence-electron chi connectivity index (χ2n) is 7.03. The SMILES string of the molecule is CC(C)COc1cccc(C(=O)Nc2cccc(C(=O)NCc3ccco3)c2)c1. The lowest BCUT2D eigenvalue weighted by Crippen LogP contribution is -2.22. The van der Waals surface area contributed by atoms with Gasteiger partial charge in [0.05, 0.1) is 19.4 Å². The number of carbonyl (C=O) groups is 2. The molecular formula is C23H24N2O4. The molecule has 6 heteroatoms. The Morgan fingerprint density at radius 1 is 0.966 bits per heavy atom. The topological polar surface area (TPSA) is 80.6 Å². The van der Waals surface area contributed by atoms with Gasteiger partial charge < -0.3 is 19.8 Å². The molecule has 0 atom stereocenters. The summed E-state index contributed by atoms with van der Waals surface area (Å²) in [6.45, 7) is 5.01. The predicted molar refractivity (Wildman–Crippen MR) is 111 cm³/mol. The Morgan fingerprint density at radius 2 is 1.72 bits per heavy atom. The summed E-state index contributed by atoms with van der Waals surface area (Å²) in [5, 5.41) is 5.60. The number of amides is 2. The summed E-state index contributed by atoms with van der Waals surface area (Å²) in [4.78, 5) is 24.9. The fraction of sp³-hybridized carbons (Fsp3) is 0.217. The molecule has 0 aliphatic carbocycles. The van der Waals surface area contributed by atoms with Crippen LogP contribution in [0.15, 0.2) is 71.3 Å². The number of nitrogens with one attached hydrogen (secondary N) is 2. The van der Waals surface area contributed by atoms with Gasteiger partial charge in [-0.3, -0.25) is 9.59 Å². The van der Waals surface area contributed by atoms with E-state index < -0.39 is 0 Å². The van der Waals surface area contributed by atoms with E-state index in [1.807, 2.05) is 6.07 Å². The van der Waals surface area contributed by atoms with Crippen molar-refractivity contribution in [1.29, 1.82) is 0 Å². The van der Waals surface area contributed by atoms with Gasteiger partial charge in [0.25, 0.3) is 11.8 Å². The fourth-order valence-electron chi connectivity index (χ4n) is 2.61. The quantitative estimate of drug-likeness (QED) is 0.592. The molecule has 0 bridgehead atoms. The Morgan fingerprint density at radius 3 is 2.45 bits per heavy atom. The maximum absolute atomic E-state index is 12.6. The Balaban J connectivity index is 1.62. The summed E-state index contributed by atoms with van der Waals surface area (Å²) in [6, 6.07) is 17.4. The summed E-state index contributed by atoms with van der Waals surface area (Å²) in [5.41, 5.74) is 1.47. The first kappa shape index (κ1) is 20.2. The number of furan rings is 1. The largest absolute Gasteiger partial charge is 0.493 e. The van der Waals surface area contributed by atoms with E-state index in [0.29, 0.717) is 47.4 Å². The van der Waals surface area contributed by atoms with Gasteiger partial charge in [-0.2, -0.15) is 0 Å². The third kappa shape index (κ3) is 5.97. The lowest BCUT2D eigenvalue weighted by Gasteiger charge is -2.11. The van der Waals surface area contributed by atoms with Crippen molar-refractivity contribution >= 4 is 17.5 Å². The van der Waals surface area contributed by atoms with Crippen LogP contribution in [0.1, 0.15) is 40.3 Å². The zero-order valence-corrected chi connectivity index (χ0v) is 16.5. The predicted octanol–water partition coefficient (Wildman–Crippen LogP) is 4.50. The third-order valence-corrected chi connectivity index (χ3v) is 4.07. The van der Waals surface area contributed by atoms with Gasteiger partial charge in [0, 0.05) is 16.8 Å². The molecule has 0 saturated heterocycles. The average Bonchev–Trinajstić information content (AvgIpc) is 3.24. The van der Waals surface area contributed by atoms with Crippen molar-refractivity contribution in [3.05, 3.63) is 83.8 Å². The number of anilines is 1. The fourth-order valence-corrected chi connectivity index (χ4v) is 2.61. The Hall–Kier alpha value is -3.54. The molecule has 2 aromatic carbocycles. The van der Waals surface area contributed by atoms with Gasteiger partial charge in [-0.15, -0.1) is 0 Å². The minimum Gasteiger partial charge on any atom is -0.493 e. The highest BCUT2D eigenvalue weighted by Gasteiger charge is 2.11. The molecule has 29 heavy (non-hydrogen) atoms. The van der Waals surface area contributed by atoms with E-state index in [4.69, 9.17) is 9.15 Å². The zero-order chi connectivity index (χ0) is 20.6. The molecule has 0 unspecified atom stereocenters. The van der Waals surface area contributed by atoms with Crippen molar-refractivity contribution < 1.29 is 18.7 Å². The molecular weight excluding hydrogens is 368 g/mol. The van der Waals surface area contributed by atoms with Crippen molar-refractivity contribution in [2.45, 2.75) is 20.4 Å². The molecule has 0 aliphatic heterocycles. The standard InChI is InChI=1S/C23H24N2O4/c1-16(2)15-29-20-9-4-7-18(13-20)23(27)25-19-8-3-6-17(12-19)22(26)24-14-21-10-5-11-28-21/h3-13,16H,14-15H2,1-2H3,(H,24,26)(H,25,27). The molecule has 0 saturated carbocycles. The van der Waals surface area contributed by atoms with Crippen LogP contribution in [-0.2, 0) is 6.54 Å². The molecule has 2 N–H and O–H groups in total. The highest BCUT2D eigenvalue weighted by atomic mass is 16.5. The van der Waals surface area contributed by atoms with Crippen LogP contribution in [0.3, 0.4) is 0 Å². The molecule has 2 amide bonds. The van der Waals surface area contributed by atoms with Crippen molar-refractivity contribution in [1.82, 2.24) is 5.32 Å². The number of hydrogen-bond acceptors (Lipinski definition) is 4. The number of ether oxygens (including phenoxy) is 1. The monoisotopic (exact) mass is 392 g/mol. The van der Waals surface area contributed by atoms with E-state index in [2.05, 4.69) is 24.5 Å². The number of carbonyl (C=O) groups excluding carboxylic acids is 2. The normalized spacial score (nSPS) is 10.6. The van der Waals surface area contributed by atoms with E-state index in [1.54, 1.807) is 60.9 Å². The summed E-state index contributed by atoms with van der Waals surface area (Å²) in [6.07, 6.45) is 1.56. The zero-order valence-electron chi connectivity index (χ0n) is 16.5. The first-order valence-corrected chi connectivity index (χ1v) is 9.46. The second kappa shape index (κ2) is 9.59. The van der Waals surface area contributed by atoms with Gasteiger partial charge >= 0.3 is 0 Å². The Kier molecular flexibility index (Phi) is 6.68. The van der Waals surface area contributed by atoms with Gasteiger partial charge in [0.15, 0.2) is 0 Å².